The van der Waals surface area contributed by atoms with Crippen LogP contribution in [0.15, 0.2) is 53.7 Å². The van der Waals surface area contributed by atoms with Crippen LogP contribution >= 0.6 is 0 Å². The number of aromatic hydroxyl groups is 1. The fraction of sp³-hybridized carbons (Fsp3) is 0.0714. The zero-order valence-electron chi connectivity index (χ0n) is 10.0. The fourth-order valence-corrected chi connectivity index (χ4v) is 1.65. The van der Waals surface area contributed by atoms with Gasteiger partial charge in [-0.25, -0.2) is 0 Å². The molecule has 96 valence electrons. The number of anilines is 1. The predicted molar refractivity (Wildman–Crippen MR) is 72.3 cm³/mol. The van der Waals surface area contributed by atoms with E-state index in [1.807, 2.05) is 0 Å². The Kier molecular flexibility index (Phi) is 3.87. The van der Waals surface area contributed by atoms with Crippen LogP contribution in [0.2, 0.25) is 0 Å². The molecule has 0 bridgehead atoms. The van der Waals surface area contributed by atoms with E-state index in [9.17, 15) is 14.8 Å². The van der Waals surface area contributed by atoms with Crippen molar-refractivity contribution >= 4 is 17.3 Å². The van der Waals surface area contributed by atoms with E-state index >= 15 is 0 Å². The van der Waals surface area contributed by atoms with E-state index in [0.717, 1.165) is 5.56 Å². The largest absolute Gasteiger partial charge is 0.508 e. The van der Waals surface area contributed by atoms with Crippen molar-refractivity contribution in [2.24, 2.45) is 5.18 Å². The number of benzene rings is 2. The van der Waals surface area contributed by atoms with E-state index in [2.05, 4.69) is 10.5 Å². The summed E-state index contributed by atoms with van der Waals surface area (Å²) >= 11 is 0. The van der Waals surface area contributed by atoms with E-state index in [4.69, 9.17) is 0 Å². The summed E-state index contributed by atoms with van der Waals surface area (Å²) in [6.07, 6.45) is 0.189. The van der Waals surface area contributed by atoms with Gasteiger partial charge in [-0.05, 0) is 35.0 Å². The Morgan fingerprint density at radius 2 is 1.89 bits per heavy atom. The first-order valence-corrected chi connectivity index (χ1v) is 5.68. The van der Waals surface area contributed by atoms with Gasteiger partial charge in [-0.3, -0.25) is 4.79 Å². The third-order valence-electron chi connectivity index (χ3n) is 2.54. The minimum absolute atomic E-state index is 0.0965. The van der Waals surface area contributed by atoms with Crippen LogP contribution in [0.4, 0.5) is 11.4 Å². The molecule has 0 spiro atoms. The van der Waals surface area contributed by atoms with Crippen LogP contribution in [0.3, 0.4) is 0 Å². The summed E-state index contributed by atoms with van der Waals surface area (Å²) in [6.45, 7) is 0. The van der Waals surface area contributed by atoms with Crippen LogP contribution < -0.4 is 5.32 Å². The predicted octanol–water partition coefficient (Wildman–Crippen LogP) is 2.97. The van der Waals surface area contributed by atoms with E-state index in [0.29, 0.717) is 11.4 Å². The van der Waals surface area contributed by atoms with Gasteiger partial charge in [-0.2, -0.15) is 0 Å². The molecule has 0 radical (unpaired) electrons. The maximum atomic E-state index is 11.8. The van der Waals surface area contributed by atoms with Gasteiger partial charge >= 0.3 is 0 Å². The Hall–Kier alpha value is -2.69. The van der Waals surface area contributed by atoms with Crippen molar-refractivity contribution in [3.05, 3.63) is 59.0 Å². The van der Waals surface area contributed by atoms with Gasteiger partial charge in [0.15, 0.2) is 0 Å². The minimum atomic E-state index is -0.197. The van der Waals surface area contributed by atoms with Gasteiger partial charge in [0.2, 0.25) is 5.91 Å². The number of amides is 1. The van der Waals surface area contributed by atoms with E-state index in [1.165, 1.54) is 12.1 Å². The Morgan fingerprint density at radius 3 is 2.53 bits per heavy atom. The second-order valence-electron chi connectivity index (χ2n) is 4.03. The van der Waals surface area contributed by atoms with Crippen molar-refractivity contribution in [3.8, 4) is 5.75 Å². The van der Waals surface area contributed by atoms with Crippen LogP contribution in [0.1, 0.15) is 5.56 Å². The molecular formula is C14H12N2O3. The smallest absolute Gasteiger partial charge is 0.228 e. The van der Waals surface area contributed by atoms with Crippen molar-refractivity contribution in [3.63, 3.8) is 0 Å². The lowest BCUT2D eigenvalue weighted by Crippen LogP contribution is -2.14. The van der Waals surface area contributed by atoms with Crippen molar-refractivity contribution in [1.82, 2.24) is 0 Å². The molecule has 2 rings (SSSR count). The number of nitrogens with zero attached hydrogens (tertiary/aromatic N) is 1. The molecular weight excluding hydrogens is 244 g/mol. The number of nitroso groups, excluding NO2 is 1. The molecule has 2 aromatic rings. The first-order valence-electron chi connectivity index (χ1n) is 5.68. The van der Waals surface area contributed by atoms with Crippen LogP contribution in [-0.4, -0.2) is 11.0 Å². The second kappa shape index (κ2) is 5.77. The van der Waals surface area contributed by atoms with Gasteiger partial charge < -0.3 is 10.4 Å². The molecule has 0 aromatic heterocycles. The van der Waals surface area contributed by atoms with Crippen molar-refractivity contribution < 1.29 is 9.90 Å². The average Bonchev–Trinajstić information content (AvgIpc) is 2.39. The van der Waals surface area contributed by atoms with E-state index in [-0.39, 0.29) is 18.1 Å². The van der Waals surface area contributed by atoms with Crippen molar-refractivity contribution in [2.75, 3.05) is 5.32 Å². The molecule has 0 saturated carbocycles. The summed E-state index contributed by atoms with van der Waals surface area (Å²) < 4.78 is 0. The molecule has 0 heterocycles. The highest BCUT2D eigenvalue weighted by atomic mass is 16.3. The molecule has 0 aliphatic carbocycles. The summed E-state index contributed by atoms with van der Waals surface area (Å²) in [5.41, 5.74) is 1.65. The average molecular weight is 256 g/mol. The monoisotopic (exact) mass is 256 g/mol. The van der Waals surface area contributed by atoms with Crippen molar-refractivity contribution in [1.29, 1.82) is 0 Å². The first-order chi connectivity index (χ1) is 9.17. The summed E-state index contributed by atoms with van der Waals surface area (Å²) in [4.78, 5) is 22.0. The summed E-state index contributed by atoms with van der Waals surface area (Å²) in [7, 11) is 0. The molecule has 0 atom stereocenters. The maximum Gasteiger partial charge on any atom is 0.228 e. The lowest BCUT2D eigenvalue weighted by Gasteiger charge is -2.05. The lowest BCUT2D eigenvalue weighted by molar-refractivity contribution is -0.115. The zero-order valence-corrected chi connectivity index (χ0v) is 10.0. The fourth-order valence-electron chi connectivity index (χ4n) is 1.65. The van der Waals surface area contributed by atoms with Crippen LogP contribution in [0.5, 0.6) is 5.75 Å². The third-order valence-corrected chi connectivity index (χ3v) is 2.54. The molecule has 0 aliphatic heterocycles. The minimum Gasteiger partial charge on any atom is -0.508 e. The van der Waals surface area contributed by atoms with Crippen LogP contribution in [0, 0.1) is 4.91 Å². The van der Waals surface area contributed by atoms with E-state index in [1.54, 1.807) is 36.4 Å². The molecule has 0 saturated heterocycles. The number of nitrogens with one attached hydrogen (secondary N) is 1. The highest BCUT2D eigenvalue weighted by molar-refractivity contribution is 5.92. The number of rotatable bonds is 4. The molecule has 2 aromatic carbocycles. The van der Waals surface area contributed by atoms with Crippen LogP contribution in [0.25, 0.3) is 0 Å². The highest BCUT2D eigenvalue weighted by Gasteiger charge is 2.04. The van der Waals surface area contributed by atoms with Crippen LogP contribution in [-0.2, 0) is 11.2 Å². The van der Waals surface area contributed by atoms with Gasteiger partial charge in [-0.1, -0.05) is 18.2 Å². The third kappa shape index (κ3) is 3.64. The van der Waals surface area contributed by atoms with E-state index < -0.39 is 0 Å². The Morgan fingerprint density at radius 1 is 1.16 bits per heavy atom. The molecule has 2 N–H and O–H groups in total. The molecule has 5 nitrogen and oxygen atoms in total. The van der Waals surface area contributed by atoms with Gasteiger partial charge in [0.05, 0.1) is 6.42 Å². The Balaban J connectivity index is 1.98. The van der Waals surface area contributed by atoms with Gasteiger partial charge in [-0.15, -0.1) is 4.91 Å². The normalized spacial score (nSPS) is 9.89. The maximum absolute atomic E-state index is 11.8. The quantitative estimate of drug-likeness (QED) is 0.825. The summed E-state index contributed by atoms with van der Waals surface area (Å²) in [6, 6.07) is 12.8. The number of phenols is 1. The molecule has 0 aliphatic rings. The first kappa shape index (κ1) is 12.8. The number of carbonyl (C=O) groups is 1. The molecule has 1 amide bonds. The van der Waals surface area contributed by atoms with Gasteiger partial charge in [0.25, 0.3) is 0 Å². The number of hydrogen-bond acceptors (Lipinski definition) is 4. The molecule has 19 heavy (non-hydrogen) atoms. The summed E-state index contributed by atoms with van der Waals surface area (Å²) in [5.74, 6) is -0.100. The summed E-state index contributed by atoms with van der Waals surface area (Å²) in [5, 5.41) is 14.7. The SMILES string of the molecule is O=Nc1ccc(CC(=O)Nc2cccc(O)c2)cc1. The standard InChI is InChI=1S/C14H12N2O3/c17-13-3-1-2-12(9-13)15-14(18)8-10-4-6-11(16-19)7-5-10/h1-7,9,17H,8H2,(H,15,18). The topological polar surface area (TPSA) is 78.8 Å². The zero-order chi connectivity index (χ0) is 13.7. The van der Waals surface area contributed by atoms with Crippen molar-refractivity contribution in [2.45, 2.75) is 6.42 Å². The van der Waals surface area contributed by atoms with Gasteiger partial charge in [0.1, 0.15) is 11.4 Å². The molecule has 5 heteroatoms. The molecule has 0 unspecified atom stereocenters. The number of hydrogen-bond donors (Lipinski definition) is 2. The highest BCUT2D eigenvalue weighted by Crippen LogP contribution is 2.16. The van der Waals surface area contributed by atoms with Gasteiger partial charge in [0, 0.05) is 11.8 Å². The lowest BCUT2D eigenvalue weighted by atomic mass is 10.1. The molecule has 0 fully saturated rings. The Labute approximate surface area is 109 Å². The Bertz CT molecular complexity index is 594. The number of phenolic OH excluding ortho intramolecular Hbond substituents is 1. The second-order valence-corrected chi connectivity index (χ2v) is 4.03. The number of carbonyl (C=O) groups excluding carboxylic acids is 1.